The van der Waals surface area contributed by atoms with Crippen LogP contribution in [0.15, 0.2) is 91.0 Å². The van der Waals surface area contributed by atoms with Crippen molar-refractivity contribution in [3.05, 3.63) is 119 Å². The highest BCUT2D eigenvalue weighted by Gasteiger charge is 2.09. The van der Waals surface area contributed by atoms with Gasteiger partial charge in [-0.15, -0.1) is 0 Å². The summed E-state index contributed by atoms with van der Waals surface area (Å²) in [5.41, 5.74) is 4.66. The van der Waals surface area contributed by atoms with Crippen LogP contribution in [0.2, 0.25) is 0 Å². The first-order chi connectivity index (χ1) is 17.7. The Morgan fingerprint density at radius 1 is 0.833 bits per heavy atom. The molecule has 0 radical (unpaired) electrons. The van der Waals surface area contributed by atoms with Crippen molar-refractivity contribution < 1.29 is 19.0 Å². The van der Waals surface area contributed by atoms with Crippen molar-refractivity contribution >= 4 is 0 Å². The minimum absolute atomic E-state index is 0.0459. The maximum atomic E-state index is 14.2. The van der Waals surface area contributed by atoms with Crippen LogP contribution in [0.4, 0.5) is 4.39 Å². The summed E-state index contributed by atoms with van der Waals surface area (Å²) in [4.78, 5) is 0. The zero-order valence-corrected chi connectivity index (χ0v) is 19.8. The minimum atomic E-state index is -0.261. The molecular formula is C30H27FN2O3. The Balaban J connectivity index is 1.48. The first-order valence-corrected chi connectivity index (χ1v) is 11.7. The van der Waals surface area contributed by atoms with E-state index in [1.165, 1.54) is 6.07 Å². The van der Waals surface area contributed by atoms with Crippen LogP contribution in [0.25, 0.3) is 11.1 Å². The van der Waals surface area contributed by atoms with Crippen molar-refractivity contribution in [1.82, 2.24) is 5.32 Å². The van der Waals surface area contributed by atoms with Crippen molar-refractivity contribution in [2.45, 2.75) is 19.8 Å². The van der Waals surface area contributed by atoms with Crippen LogP contribution < -0.4 is 14.8 Å². The lowest BCUT2D eigenvalue weighted by Crippen LogP contribution is -2.18. The highest BCUT2D eigenvalue weighted by Crippen LogP contribution is 2.28. The fourth-order valence-electron chi connectivity index (χ4n) is 3.79. The van der Waals surface area contributed by atoms with Gasteiger partial charge in [-0.25, -0.2) is 4.39 Å². The van der Waals surface area contributed by atoms with Crippen molar-refractivity contribution in [3.8, 4) is 28.7 Å². The number of aliphatic hydroxyl groups excluding tert-OH is 1. The molecule has 0 aromatic heterocycles. The molecule has 0 aliphatic carbocycles. The van der Waals surface area contributed by atoms with E-state index in [0.29, 0.717) is 48.9 Å². The number of halogens is 1. The van der Waals surface area contributed by atoms with Gasteiger partial charge in [-0.05, 0) is 47.0 Å². The van der Waals surface area contributed by atoms with Gasteiger partial charge < -0.3 is 19.9 Å². The molecule has 0 bridgehead atoms. The molecule has 0 atom stereocenters. The van der Waals surface area contributed by atoms with Crippen LogP contribution >= 0.6 is 0 Å². The molecule has 0 fully saturated rings. The second kappa shape index (κ2) is 12.5. The summed E-state index contributed by atoms with van der Waals surface area (Å²) in [6.45, 7) is 1.66. The Morgan fingerprint density at radius 3 is 2.42 bits per heavy atom. The number of ether oxygens (including phenoxy) is 2. The lowest BCUT2D eigenvalue weighted by molar-refractivity contribution is 0.283. The summed E-state index contributed by atoms with van der Waals surface area (Å²) in [5.74, 6) is 1.03. The Kier molecular flexibility index (Phi) is 8.66. The molecular weight excluding hydrogens is 455 g/mol. The molecule has 0 saturated carbocycles. The number of rotatable bonds is 11. The number of hydrogen-bond acceptors (Lipinski definition) is 5. The number of nitrogens with one attached hydrogen (secondary N) is 1. The van der Waals surface area contributed by atoms with Crippen LogP contribution in [-0.2, 0) is 19.8 Å². The normalized spacial score (nSPS) is 10.6. The van der Waals surface area contributed by atoms with Gasteiger partial charge in [0.25, 0.3) is 0 Å². The van der Waals surface area contributed by atoms with Gasteiger partial charge in [0.2, 0.25) is 0 Å². The molecule has 182 valence electrons. The number of nitrogens with zero attached hydrogens (tertiary/aromatic N) is 1. The summed E-state index contributed by atoms with van der Waals surface area (Å²) in [5, 5.41) is 21.4. The molecule has 5 nitrogen and oxygen atoms in total. The van der Waals surface area contributed by atoms with E-state index in [1.54, 1.807) is 24.3 Å². The number of aliphatic hydroxyl groups is 1. The van der Waals surface area contributed by atoms with Gasteiger partial charge >= 0.3 is 0 Å². The fraction of sp³-hybridized carbons (Fsp3) is 0.167. The second-order valence-electron chi connectivity index (χ2n) is 8.24. The van der Waals surface area contributed by atoms with Gasteiger partial charge in [-0.3, -0.25) is 0 Å². The Hall–Kier alpha value is -4.18. The third-order valence-electron chi connectivity index (χ3n) is 5.61. The summed E-state index contributed by atoms with van der Waals surface area (Å²) < 4.78 is 26.4. The first kappa shape index (κ1) is 24.9. The third-order valence-corrected chi connectivity index (χ3v) is 5.61. The quantitative estimate of drug-likeness (QED) is 0.272. The van der Waals surface area contributed by atoms with E-state index in [1.807, 2.05) is 60.7 Å². The molecule has 0 saturated heterocycles. The highest BCUT2D eigenvalue weighted by atomic mass is 19.1. The molecule has 0 aliphatic rings. The summed E-state index contributed by atoms with van der Waals surface area (Å²) in [6.07, 6.45) is 0. The van der Waals surface area contributed by atoms with E-state index < -0.39 is 0 Å². The first-order valence-electron chi connectivity index (χ1n) is 11.7. The van der Waals surface area contributed by atoms with E-state index in [4.69, 9.17) is 19.8 Å². The summed E-state index contributed by atoms with van der Waals surface area (Å²) in [7, 11) is 0. The van der Waals surface area contributed by atoms with Gasteiger partial charge in [0.15, 0.2) is 0 Å². The molecule has 6 heteroatoms. The predicted molar refractivity (Wildman–Crippen MR) is 137 cm³/mol. The molecule has 0 spiro atoms. The van der Waals surface area contributed by atoms with Crippen LogP contribution in [0.3, 0.4) is 0 Å². The van der Waals surface area contributed by atoms with Gasteiger partial charge in [0, 0.05) is 30.3 Å². The highest BCUT2D eigenvalue weighted by molar-refractivity contribution is 5.64. The number of nitriles is 1. The standard InChI is InChI=1S/C30H27FN2O3/c31-29-10-2-1-9-28(29)25-8-4-7-24(16-25)20-35-27-12-11-26(19-33-13-14-34)30(17-27)36-21-23-6-3-5-22(15-23)18-32/h1-12,15-17,33-34H,13-14,19-21H2. The molecule has 4 rings (SSSR count). The summed E-state index contributed by atoms with van der Waals surface area (Å²) in [6, 6.07) is 29.4. The zero-order chi connectivity index (χ0) is 25.2. The average molecular weight is 483 g/mol. The lowest BCUT2D eigenvalue weighted by atomic mass is 10.0. The van der Waals surface area contributed by atoms with Gasteiger partial charge in [0.1, 0.15) is 30.5 Å². The molecule has 36 heavy (non-hydrogen) atoms. The van der Waals surface area contributed by atoms with E-state index in [0.717, 1.165) is 22.3 Å². The maximum Gasteiger partial charge on any atom is 0.131 e. The Morgan fingerprint density at radius 2 is 1.61 bits per heavy atom. The Bertz CT molecular complexity index is 1350. The van der Waals surface area contributed by atoms with Crippen LogP contribution in [0, 0.1) is 17.1 Å². The topological polar surface area (TPSA) is 74.5 Å². The van der Waals surface area contributed by atoms with E-state index in [9.17, 15) is 4.39 Å². The largest absolute Gasteiger partial charge is 0.489 e. The van der Waals surface area contributed by atoms with Crippen LogP contribution in [-0.4, -0.2) is 18.3 Å². The Labute approximate surface area is 210 Å². The lowest BCUT2D eigenvalue weighted by Gasteiger charge is -2.15. The second-order valence-corrected chi connectivity index (χ2v) is 8.24. The molecule has 2 N–H and O–H groups in total. The van der Waals surface area contributed by atoms with E-state index >= 15 is 0 Å². The summed E-state index contributed by atoms with van der Waals surface area (Å²) >= 11 is 0. The molecule has 4 aromatic rings. The van der Waals surface area contributed by atoms with Crippen molar-refractivity contribution in [2.24, 2.45) is 0 Å². The van der Waals surface area contributed by atoms with Crippen molar-refractivity contribution in [3.63, 3.8) is 0 Å². The number of benzene rings is 4. The SMILES string of the molecule is N#Cc1cccc(COc2cc(OCc3cccc(-c4ccccc4F)c3)ccc2CNCCO)c1. The van der Waals surface area contributed by atoms with Crippen LogP contribution in [0.5, 0.6) is 11.5 Å². The monoisotopic (exact) mass is 482 g/mol. The molecule has 0 aliphatic heterocycles. The van der Waals surface area contributed by atoms with Crippen molar-refractivity contribution in [1.29, 1.82) is 5.26 Å². The average Bonchev–Trinajstić information content (AvgIpc) is 2.92. The zero-order valence-electron chi connectivity index (χ0n) is 19.8. The molecule has 0 amide bonds. The van der Waals surface area contributed by atoms with Gasteiger partial charge in [-0.1, -0.05) is 54.6 Å². The van der Waals surface area contributed by atoms with Gasteiger partial charge in [0.05, 0.1) is 18.2 Å². The number of hydrogen-bond donors (Lipinski definition) is 2. The van der Waals surface area contributed by atoms with Crippen molar-refractivity contribution in [2.75, 3.05) is 13.2 Å². The van der Waals surface area contributed by atoms with Gasteiger partial charge in [-0.2, -0.15) is 5.26 Å². The van der Waals surface area contributed by atoms with E-state index in [-0.39, 0.29) is 12.4 Å². The molecule has 0 unspecified atom stereocenters. The maximum absolute atomic E-state index is 14.2. The van der Waals surface area contributed by atoms with Crippen LogP contribution in [0.1, 0.15) is 22.3 Å². The molecule has 0 heterocycles. The third kappa shape index (κ3) is 6.70. The van der Waals surface area contributed by atoms with E-state index in [2.05, 4.69) is 11.4 Å². The fourth-order valence-corrected chi connectivity index (χ4v) is 3.79. The minimum Gasteiger partial charge on any atom is -0.489 e. The smallest absolute Gasteiger partial charge is 0.131 e. The molecule has 4 aromatic carbocycles. The predicted octanol–water partition coefficient (Wildman–Crippen LogP) is 5.60.